The number of nitrogens with zero attached hydrogens (tertiary/aromatic N) is 5. The summed E-state index contributed by atoms with van der Waals surface area (Å²) in [6, 6.07) is 16.2. The first-order chi connectivity index (χ1) is 19.7. The first-order valence-electron chi connectivity index (χ1n) is 12.6. The molecule has 5 rings (SSSR count). The van der Waals surface area contributed by atoms with Crippen LogP contribution in [-0.2, 0) is 16.5 Å². The summed E-state index contributed by atoms with van der Waals surface area (Å²) in [5.74, 6) is 0. The Kier molecular flexibility index (Phi) is 7.39. The molecule has 3 aromatic heterocycles. The molecule has 0 atom stereocenters. The molecule has 0 saturated carbocycles. The lowest BCUT2D eigenvalue weighted by Crippen LogP contribution is -2.34. The number of ether oxygens (including phenoxy) is 2. The van der Waals surface area contributed by atoms with E-state index < -0.39 is 33.9 Å². The molecule has 0 spiro atoms. The van der Waals surface area contributed by atoms with E-state index in [1.54, 1.807) is 51.2 Å². The third-order valence-corrected chi connectivity index (χ3v) is 6.70. The van der Waals surface area contributed by atoms with Crippen LogP contribution in [0.4, 0.5) is 9.59 Å². The second-order valence-electron chi connectivity index (χ2n) is 10.5. The highest BCUT2D eigenvalue weighted by atomic mass is 35.6. The van der Waals surface area contributed by atoms with Crippen molar-refractivity contribution in [1.29, 1.82) is 5.26 Å². The van der Waals surface area contributed by atoms with Gasteiger partial charge in [-0.05, 0) is 32.9 Å². The van der Waals surface area contributed by atoms with E-state index in [1.165, 1.54) is 10.8 Å². The zero-order chi connectivity index (χ0) is 30.6. The molecule has 0 N–H and O–H groups in total. The number of rotatable bonds is 3. The van der Waals surface area contributed by atoms with Gasteiger partial charge in [0.2, 0.25) is 3.79 Å². The number of para-hydroxylation sites is 2. The molecule has 10 nitrogen and oxygen atoms in total. The standard InChI is InChI=1S/C29H24Cl3N5O5/c1-28(2,3)42-27(40)37-22(13-33)24(19-14-34(4)20-11-7-5-9-17(19)20)36(25(37)38)23-15-35(21-12-8-6-10-18(21)23)26(39)41-16-29(30,31)32/h5-12,14-15H,16H2,1-4H3. The molecule has 0 amide bonds. The maximum absolute atomic E-state index is 14.2. The van der Waals surface area contributed by atoms with Gasteiger partial charge in [-0.15, -0.1) is 0 Å². The maximum Gasteiger partial charge on any atom is 0.423 e. The van der Waals surface area contributed by atoms with Crippen molar-refractivity contribution < 1.29 is 19.1 Å². The van der Waals surface area contributed by atoms with Gasteiger partial charge in [-0.25, -0.2) is 14.4 Å². The van der Waals surface area contributed by atoms with Crippen molar-refractivity contribution in [3.8, 4) is 23.0 Å². The normalized spacial score (nSPS) is 12.0. The second kappa shape index (κ2) is 10.6. The van der Waals surface area contributed by atoms with Crippen LogP contribution < -0.4 is 5.69 Å². The monoisotopic (exact) mass is 627 g/mol. The summed E-state index contributed by atoms with van der Waals surface area (Å²) < 4.78 is 13.8. The second-order valence-corrected chi connectivity index (χ2v) is 13.0. The highest BCUT2D eigenvalue weighted by Gasteiger charge is 2.32. The molecule has 0 aliphatic carbocycles. The fraction of sp³-hybridized carbons (Fsp3) is 0.241. The number of carbonyl (C=O) groups excluding carboxylic acids is 2. The van der Waals surface area contributed by atoms with Crippen LogP contribution in [0.2, 0.25) is 0 Å². The first-order valence-corrected chi connectivity index (χ1v) is 13.7. The van der Waals surface area contributed by atoms with E-state index in [1.807, 2.05) is 41.9 Å². The molecule has 3 heterocycles. The number of fused-ring (bicyclic) bond motifs is 2. The van der Waals surface area contributed by atoms with Crippen LogP contribution in [0.25, 0.3) is 38.8 Å². The fourth-order valence-electron chi connectivity index (χ4n) is 4.79. The van der Waals surface area contributed by atoms with Gasteiger partial charge in [0.05, 0.1) is 16.9 Å². The van der Waals surface area contributed by atoms with Crippen molar-refractivity contribution in [2.24, 2.45) is 7.05 Å². The lowest BCUT2D eigenvalue weighted by molar-refractivity contribution is 0.0529. The summed E-state index contributed by atoms with van der Waals surface area (Å²) in [5, 5.41) is 11.6. The van der Waals surface area contributed by atoms with Gasteiger partial charge in [-0.1, -0.05) is 71.2 Å². The Hall–Kier alpha value is -4.17. The van der Waals surface area contributed by atoms with Crippen LogP contribution in [0.15, 0.2) is 65.7 Å². The summed E-state index contributed by atoms with van der Waals surface area (Å²) in [6.07, 6.45) is 1.26. The van der Waals surface area contributed by atoms with Crippen molar-refractivity contribution in [2.45, 2.75) is 30.2 Å². The molecule has 2 aromatic carbocycles. The van der Waals surface area contributed by atoms with Crippen LogP contribution in [0.5, 0.6) is 0 Å². The van der Waals surface area contributed by atoms with Gasteiger partial charge in [0.1, 0.15) is 18.3 Å². The van der Waals surface area contributed by atoms with E-state index in [0.29, 0.717) is 21.0 Å². The Labute approximate surface area is 254 Å². The van der Waals surface area contributed by atoms with Crippen molar-refractivity contribution in [2.75, 3.05) is 6.61 Å². The number of hydrogen-bond donors (Lipinski definition) is 0. The van der Waals surface area contributed by atoms with Crippen LogP contribution in [0.1, 0.15) is 26.5 Å². The smallest absolute Gasteiger partial charge is 0.423 e. The molecular weight excluding hydrogens is 605 g/mol. The van der Waals surface area contributed by atoms with E-state index in [2.05, 4.69) is 0 Å². The van der Waals surface area contributed by atoms with Crippen molar-refractivity contribution in [3.63, 3.8) is 0 Å². The lowest BCUT2D eigenvalue weighted by Gasteiger charge is -2.19. The van der Waals surface area contributed by atoms with Crippen LogP contribution >= 0.6 is 34.8 Å². The topological polar surface area (TPSA) is 113 Å². The molecule has 0 aliphatic rings. The Morgan fingerprint density at radius 1 is 0.929 bits per heavy atom. The number of carbonyl (C=O) groups is 2. The van der Waals surface area contributed by atoms with E-state index in [4.69, 9.17) is 44.3 Å². The molecule has 0 bridgehead atoms. The molecule has 0 saturated heterocycles. The SMILES string of the molecule is Cn1cc(-c2c(C#N)n(C(=O)OC(C)(C)C)c(=O)n2-c2cn(C(=O)OCC(Cl)(Cl)Cl)c3ccccc23)c2ccccc21. The Morgan fingerprint density at radius 3 is 2.17 bits per heavy atom. The van der Waals surface area contributed by atoms with Gasteiger partial charge in [-0.2, -0.15) is 9.83 Å². The van der Waals surface area contributed by atoms with Gasteiger partial charge in [0, 0.05) is 41.3 Å². The molecule has 216 valence electrons. The number of nitriles is 1. The van der Waals surface area contributed by atoms with Gasteiger partial charge in [0.25, 0.3) is 0 Å². The zero-order valence-electron chi connectivity index (χ0n) is 22.9. The predicted molar refractivity (Wildman–Crippen MR) is 161 cm³/mol. The van der Waals surface area contributed by atoms with Crippen LogP contribution in [0.3, 0.4) is 0 Å². The fourth-order valence-corrected chi connectivity index (χ4v) is 4.95. The number of imidazole rings is 1. The van der Waals surface area contributed by atoms with Crippen molar-refractivity contribution >= 4 is 68.8 Å². The number of halogens is 3. The van der Waals surface area contributed by atoms with E-state index >= 15 is 0 Å². The van der Waals surface area contributed by atoms with E-state index in [9.17, 15) is 19.6 Å². The minimum absolute atomic E-state index is 0.141. The molecule has 13 heteroatoms. The summed E-state index contributed by atoms with van der Waals surface area (Å²) in [4.78, 5) is 40.7. The number of hydrogen-bond acceptors (Lipinski definition) is 6. The van der Waals surface area contributed by atoms with Gasteiger partial charge in [0.15, 0.2) is 5.69 Å². The molecule has 42 heavy (non-hydrogen) atoms. The number of aromatic nitrogens is 4. The molecule has 5 aromatic rings. The molecule has 0 fully saturated rings. The number of alkyl halides is 3. The van der Waals surface area contributed by atoms with Gasteiger partial charge in [-0.3, -0.25) is 9.13 Å². The third kappa shape index (κ3) is 5.27. The average molecular weight is 629 g/mol. The number of benzene rings is 2. The highest BCUT2D eigenvalue weighted by Crippen LogP contribution is 2.36. The van der Waals surface area contributed by atoms with Gasteiger partial charge >= 0.3 is 17.9 Å². The number of aryl methyl sites for hydroxylation is 1. The highest BCUT2D eigenvalue weighted by molar-refractivity contribution is 6.67. The minimum Gasteiger partial charge on any atom is -0.444 e. The Balaban J connectivity index is 1.85. The molecule has 0 unspecified atom stereocenters. The first kappa shape index (κ1) is 29.3. The van der Waals surface area contributed by atoms with Crippen molar-refractivity contribution in [3.05, 3.63) is 77.1 Å². The predicted octanol–water partition coefficient (Wildman–Crippen LogP) is 6.76. The summed E-state index contributed by atoms with van der Waals surface area (Å²) in [6.45, 7) is 4.44. The Morgan fingerprint density at radius 2 is 1.55 bits per heavy atom. The molecule has 0 aliphatic heterocycles. The largest absolute Gasteiger partial charge is 0.444 e. The molecule has 0 radical (unpaired) electrons. The summed E-state index contributed by atoms with van der Waals surface area (Å²) >= 11 is 17.3. The average Bonchev–Trinajstić information content (AvgIpc) is 3.55. The molecular formula is C29H24Cl3N5O5. The Bertz CT molecular complexity index is 1980. The van der Waals surface area contributed by atoms with Crippen LogP contribution in [-0.4, -0.2) is 46.5 Å². The summed E-state index contributed by atoms with van der Waals surface area (Å²) in [7, 11) is 1.83. The van der Waals surface area contributed by atoms with E-state index in [-0.39, 0.29) is 17.1 Å². The zero-order valence-corrected chi connectivity index (χ0v) is 25.2. The maximum atomic E-state index is 14.2. The summed E-state index contributed by atoms with van der Waals surface area (Å²) in [5.41, 5.74) is 0.0278. The quantitative estimate of drug-likeness (QED) is 0.204. The van der Waals surface area contributed by atoms with Gasteiger partial charge < -0.3 is 14.0 Å². The minimum atomic E-state index is -1.84. The van der Waals surface area contributed by atoms with E-state index in [0.717, 1.165) is 15.5 Å². The lowest BCUT2D eigenvalue weighted by atomic mass is 10.1. The van der Waals surface area contributed by atoms with Crippen molar-refractivity contribution in [1.82, 2.24) is 18.3 Å². The van der Waals surface area contributed by atoms with Crippen LogP contribution in [0, 0.1) is 11.3 Å². The third-order valence-electron chi connectivity index (χ3n) is 6.38.